The second kappa shape index (κ2) is 24.8. The van der Waals surface area contributed by atoms with Crippen LogP contribution in [-0.2, 0) is 54.2 Å². The standard InChI is InChI=1S/C64H67N3O15/c1-61(2,3)59(73)79-46-27-30-50-52(35-46)81-53-36-47(80-60(74)62(4,5)6)28-31-51(53)64(50)49-29-22-42(34-48(49)58(72)82-64)66-55(69)16-13-17-56(70)67-43(37-77-57(71)33-32-54(68)65-7)38-78-63(39-14-11-10-12-15-39,40-18-23-44(75-8)24-19-40)41-20-25-45(76-9)26-21-41/h10-12,14-15,18-31,34-36,43H,13,16-17,32-33,37-38H2,1-9H3,(H,65,68)(H,66,69)(H,67,70). The van der Waals surface area contributed by atoms with Gasteiger partial charge in [0, 0.05) is 60.8 Å². The Morgan fingerprint density at radius 1 is 0.561 bits per heavy atom. The van der Waals surface area contributed by atoms with Crippen molar-refractivity contribution in [1.29, 1.82) is 0 Å². The molecule has 428 valence electrons. The normalized spacial score (nSPS) is 13.4. The molecule has 0 aromatic heterocycles. The summed E-state index contributed by atoms with van der Waals surface area (Å²) in [4.78, 5) is 92.3. The van der Waals surface area contributed by atoms with Crippen LogP contribution in [0, 0.1) is 10.8 Å². The van der Waals surface area contributed by atoms with E-state index in [0.717, 1.165) is 16.7 Å². The molecule has 18 nitrogen and oxygen atoms in total. The zero-order valence-corrected chi connectivity index (χ0v) is 47.4. The van der Waals surface area contributed by atoms with E-state index in [1.165, 1.54) is 25.2 Å². The molecule has 18 heteroatoms. The first-order valence-electron chi connectivity index (χ1n) is 26.8. The van der Waals surface area contributed by atoms with E-state index in [-0.39, 0.29) is 85.5 Å². The fraction of sp³-hybridized carbons (Fsp3) is 0.328. The van der Waals surface area contributed by atoms with Crippen LogP contribution in [0.2, 0.25) is 0 Å². The minimum Gasteiger partial charge on any atom is -0.497 e. The summed E-state index contributed by atoms with van der Waals surface area (Å²) in [5.41, 5.74) is -0.539. The quantitative estimate of drug-likeness (QED) is 0.0346. The predicted molar refractivity (Wildman–Crippen MR) is 302 cm³/mol. The van der Waals surface area contributed by atoms with Gasteiger partial charge in [-0.05, 0) is 125 Å². The van der Waals surface area contributed by atoms with Crippen molar-refractivity contribution in [3.63, 3.8) is 0 Å². The van der Waals surface area contributed by atoms with Gasteiger partial charge in [-0.1, -0.05) is 60.7 Å². The SMILES string of the molecule is CNC(=O)CCC(=O)OCC(COC(c1ccccc1)(c1ccc(OC)cc1)c1ccc(OC)cc1)NC(=O)CCCC(=O)Nc1ccc2c(c1)C(=O)OC21c2ccc(OC(=O)C(C)(C)C)cc2Oc2cc(OC(=O)C(C)(C)C)ccc21. The maximum absolute atomic E-state index is 14.1. The fourth-order valence-electron chi connectivity index (χ4n) is 9.38. The molecule has 0 radical (unpaired) electrons. The molecule has 0 aliphatic carbocycles. The van der Waals surface area contributed by atoms with Crippen molar-refractivity contribution in [3.8, 4) is 34.5 Å². The van der Waals surface area contributed by atoms with E-state index in [2.05, 4.69) is 16.0 Å². The highest BCUT2D eigenvalue weighted by Gasteiger charge is 2.54. The lowest BCUT2D eigenvalue weighted by molar-refractivity contribution is -0.147. The van der Waals surface area contributed by atoms with Crippen molar-refractivity contribution >= 4 is 47.3 Å². The number of benzene rings is 6. The van der Waals surface area contributed by atoms with Crippen molar-refractivity contribution in [3.05, 3.63) is 172 Å². The van der Waals surface area contributed by atoms with Gasteiger partial charge in [0.1, 0.15) is 46.7 Å². The second-order valence-corrected chi connectivity index (χ2v) is 21.9. The van der Waals surface area contributed by atoms with Gasteiger partial charge in [0.05, 0.1) is 49.7 Å². The number of carbonyl (C=O) groups is 7. The number of amides is 3. The van der Waals surface area contributed by atoms with Crippen molar-refractivity contribution in [2.75, 3.05) is 39.8 Å². The van der Waals surface area contributed by atoms with Crippen LogP contribution in [-0.4, -0.2) is 82.1 Å². The summed E-state index contributed by atoms with van der Waals surface area (Å²) >= 11 is 0. The molecule has 0 saturated heterocycles. The number of ether oxygens (including phenoxy) is 8. The maximum atomic E-state index is 14.1. The average Bonchev–Trinajstić information content (AvgIpc) is 1.72. The number of nitrogens with one attached hydrogen (secondary N) is 3. The Bertz CT molecular complexity index is 3240. The summed E-state index contributed by atoms with van der Waals surface area (Å²) in [5, 5.41) is 8.28. The van der Waals surface area contributed by atoms with Crippen LogP contribution in [0.25, 0.3) is 0 Å². The molecular formula is C64H67N3O15. The van der Waals surface area contributed by atoms with Crippen LogP contribution >= 0.6 is 0 Å². The van der Waals surface area contributed by atoms with Crippen molar-refractivity contribution in [1.82, 2.24) is 10.6 Å². The van der Waals surface area contributed by atoms with E-state index >= 15 is 0 Å². The lowest BCUT2D eigenvalue weighted by Crippen LogP contribution is -2.45. The summed E-state index contributed by atoms with van der Waals surface area (Å²) in [6.07, 6.45) is -0.382. The first kappa shape index (κ1) is 59.1. The molecule has 3 N–H and O–H groups in total. The van der Waals surface area contributed by atoms with Crippen molar-refractivity contribution in [2.24, 2.45) is 10.8 Å². The molecule has 3 amide bonds. The molecule has 2 heterocycles. The van der Waals surface area contributed by atoms with Gasteiger partial charge in [0.25, 0.3) is 0 Å². The van der Waals surface area contributed by atoms with E-state index in [9.17, 15) is 33.6 Å². The van der Waals surface area contributed by atoms with Gasteiger partial charge in [0.2, 0.25) is 17.7 Å². The lowest BCUT2D eigenvalue weighted by Gasteiger charge is -2.37. The summed E-state index contributed by atoms with van der Waals surface area (Å²) in [7, 11) is 4.62. The third-order valence-corrected chi connectivity index (χ3v) is 13.8. The third kappa shape index (κ3) is 13.1. The number of anilines is 1. The molecule has 82 heavy (non-hydrogen) atoms. The van der Waals surface area contributed by atoms with Crippen LogP contribution in [0.1, 0.15) is 117 Å². The minimum absolute atomic E-state index is 0.0917. The molecule has 1 spiro atoms. The van der Waals surface area contributed by atoms with E-state index in [1.807, 2.05) is 78.9 Å². The minimum atomic E-state index is -1.58. The molecule has 1 atom stereocenters. The number of fused-ring (bicyclic) bond motifs is 6. The fourth-order valence-corrected chi connectivity index (χ4v) is 9.38. The Balaban J connectivity index is 0.998. The van der Waals surface area contributed by atoms with Crippen LogP contribution in [0.4, 0.5) is 5.69 Å². The van der Waals surface area contributed by atoms with Crippen LogP contribution in [0.3, 0.4) is 0 Å². The smallest absolute Gasteiger partial charge is 0.340 e. The highest BCUT2D eigenvalue weighted by molar-refractivity contribution is 6.00. The molecule has 0 bridgehead atoms. The number of hydrogen-bond acceptors (Lipinski definition) is 15. The van der Waals surface area contributed by atoms with Crippen molar-refractivity contribution < 1.29 is 71.5 Å². The largest absolute Gasteiger partial charge is 0.497 e. The van der Waals surface area contributed by atoms with Gasteiger partial charge >= 0.3 is 23.9 Å². The van der Waals surface area contributed by atoms with E-state index in [4.69, 9.17) is 37.9 Å². The van der Waals surface area contributed by atoms with E-state index < -0.39 is 63.8 Å². The zero-order chi connectivity index (χ0) is 59.0. The van der Waals surface area contributed by atoms with Gasteiger partial charge in [-0.3, -0.25) is 28.8 Å². The molecule has 2 aliphatic rings. The molecule has 0 fully saturated rings. The number of carbonyl (C=O) groups excluding carboxylic acids is 7. The molecule has 8 rings (SSSR count). The number of hydrogen-bond donors (Lipinski definition) is 3. The van der Waals surface area contributed by atoms with Gasteiger partial charge in [0.15, 0.2) is 5.60 Å². The first-order valence-corrected chi connectivity index (χ1v) is 26.8. The van der Waals surface area contributed by atoms with Gasteiger partial charge in [-0.15, -0.1) is 0 Å². The second-order valence-electron chi connectivity index (χ2n) is 21.9. The average molecular weight is 1120 g/mol. The molecule has 6 aromatic carbocycles. The maximum Gasteiger partial charge on any atom is 0.340 e. The highest BCUT2D eigenvalue weighted by atomic mass is 16.6. The number of esters is 4. The molecule has 0 saturated carbocycles. The van der Waals surface area contributed by atoms with E-state index in [1.54, 1.807) is 92.2 Å². The Morgan fingerprint density at radius 2 is 1.07 bits per heavy atom. The number of methoxy groups -OCH3 is 2. The van der Waals surface area contributed by atoms with Crippen LogP contribution in [0.15, 0.2) is 133 Å². The highest BCUT2D eigenvalue weighted by Crippen LogP contribution is 2.57. The molecule has 2 aliphatic heterocycles. The van der Waals surface area contributed by atoms with Gasteiger partial charge in [-0.2, -0.15) is 0 Å². The summed E-state index contributed by atoms with van der Waals surface area (Å²) < 4.78 is 47.8. The van der Waals surface area contributed by atoms with Gasteiger partial charge < -0.3 is 53.8 Å². The summed E-state index contributed by atoms with van der Waals surface area (Å²) in [6.45, 7) is 9.90. The molecule has 1 unspecified atom stereocenters. The lowest BCUT2D eigenvalue weighted by atomic mass is 9.77. The van der Waals surface area contributed by atoms with Gasteiger partial charge in [-0.25, -0.2) is 4.79 Å². The third-order valence-electron chi connectivity index (χ3n) is 13.8. The van der Waals surface area contributed by atoms with Crippen LogP contribution in [0.5, 0.6) is 34.5 Å². The Morgan fingerprint density at radius 3 is 1.60 bits per heavy atom. The van der Waals surface area contributed by atoms with Crippen molar-refractivity contribution in [2.45, 2.75) is 90.9 Å². The zero-order valence-electron chi connectivity index (χ0n) is 47.4. The topological polar surface area (TPSA) is 229 Å². The number of rotatable bonds is 21. The summed E-state index contributed by atoms with van der Waals surface area (Å²) in [6, 6.07) is 37.8. The monoisotopic (exact) mass is 1120 g/mol. The predicted octanol–water partition coefficient (Wildman–Crippen LogP) is 9.85. The Kier molecular flexibility index (Phi) is 17.9. The van der Waals surface area contributed by atoms with E-state index in [0.29, 0.717) is 28.2 Å². The first-order chi connectivity index (χ1) is 39.1. The molecular weight excluding hydrogens is 1050 g/mol. The molecule has 6 aromatic rings. The Hall–Kier alpha value is -9.03. The van der Waals surface area contributed by atoms with Crippen LogP contribution < -0.4 is 39.6 Å². The Labute approximate surface area is 476 Å². The summed E-state index contributed by atoms with van der Waals surface area (Å²) in [5.74, 6) is -1.49.